The van der Waals surface area contributed by atoms with Crippen molar-refractivity contribution in [2.45, 2.75) is 0 Å². The number of nitrogens with zero attached hydrogens (tertiary/aromatic N) is 1. The second-order valence-electron chi connectivity index (χ2n) is 2.28. The lowest BCUT2D eigenvalue weighted by Gasteiger charge is -1.96. The van der Waals surface area contributed by atoms with Crippen LogP contribution < -0.4 is 16.2 Å². The van der Waals surface area contributed by atoms with E-state index in [1.54, 1.807) is 12.1 Å². The Morgan fingerprint density at radius 1 is 1.27 bits per heavy atom. The number of nitriles is 1. The summed E-state index contributed by atoms with van der Waals surface area (Å²) in [6, 6.07) is 5.46. The van der Waals surface area contributed by atoms with Crippen LogP contribution in [0.15, 0.2) is 12.1 Å². The first-order valence-electron chi connectivity index (χ1n) is 3.13. The summed E-state index contributed by atoms with van der Waals surface area (Å²) < 4.78 is 0. The molecule has 0 aromatic heterocycles. The van der Waals surface area contributed by atoms with Crippen LogP contribution in [0.5, 0.6) is 0 Å². The van der Waals surface area contributed by atoms with Gasteiger partial charge in [-0.05, 0) is 10.4 Å². The maximum absolute atomic E-state index is 8.63. The highest BCUT2D eigenvalue weighted by Crippen LogP contribution is 1.95. The fourth-order valence-electron chi connectivity index (χ4n) is 0.840. The zero-order valence-corrected chi connectivity index (χ0v) is 6.09. The molecule has 0 heterocycles. The minimum absolute atomic E-state index is 0.428. The third-order valence-corrected chi connectivity index (χ3v) is 1.53. The number of nitrogens with two attached hydrogens (primary N) is 1. The van der Waals surface area contributed by atoms with Crippen LogP contribution in [0.4, 0.5) is 5.69 Å². The SMILES string of the molecule is C=c1ccc(=C)c(C#N)c1N. The quantitative estimate of drug-likeness (QED) is 0.519. The first-order chi connectivity index (χ1) is 5.16. The molecular formula is C9H8N2. The van der Waals surface area contributed by atoms with E-state index in [1.165, 1.54) is 0 Å². The molecule has 0 atom stereocenters. The second kappa shape index (κ2) is 2.47. The monoisotopic (exact) mass is 144 g/mol. The summed E-state index contributed by atoms with van der Waals surface area (Å²) >= 11 is 0. The summed E-state index contributed by atoms with van der Waals surface area (Å²) in [6.07, 6.45) is 0. The number of nitrogen functional groups attached to an aromatic ring is 1. The zero-order chi connectivity index (χ0) is 8.43. The summed E-state index contributed by atoms with van der Waals surface area (Å²) in [5, 5.41) is 9.95. The van der Waals surface area contributed by atoms with E-state index >= 15 is 0 Å². The highest BCUT2D eigenvalue weighted by Gasteiger charge is 1.97. The molecule has 2 heteroatoms. The first-order valence-corrected chi connectivity index (χ1v) is 3.13. The largest absolute Gasteiger partial charge is 0.397 e. The van der Waals surface area contributed by atoms with E-state index in [4.69, 9.17) is 11.0 Å². The Morgan fingerprint density at radius 3 is 2.27 bits per heavy atom. The average Bonchev–Trinajstić information content (AvgIpc) is 1.99. The minimum atomic E-state index is 0.428. The molecule has 0 saturated heterocycles. The lowest BCUT2D eigenvalue weighted by Crippen LogP contribution is -2.16. The number of hydrogen-bond donors (Lipinski definition) is 1. The standard InChI is InChI=1S/C9H8N2/c1-6-3-4-7(2)9(11)8(6)5-10/h3-4H,1-2,11H2. The Bertz CT molecular complexity index is 412. The van der Waals surface area contributed by atoms with Crippen LogP contribution in [0.2, 0.25) is 0 Å². The molecule has 1 aromatic rings. The lowest BCUT2D eigenvalue weighted by molar-refractivity contribution is 1.44. The van der Waals surface area contributed by atoms with Crippen molar-refractivity contribution in [3.05, 3.63) is 28.1 Å². The number of anilines is 1. The van der Waals surface area contributed by atoms with Gasteiger partial charge in [0.1, 0.15) is 6.07 Å². The Morgan fingerprint density at radius 2 is 1.82 bits per heavy atom. The topological polar surface area (TPSA) is 49.8 Å². The van der Waals surface area contributed by atoms with Gasteiger partial charge in [0.15, 0.2) is 0 Å². The molecule has 0 saturated carbocycles. The van der Waals surface area contributed by atoms with Gasteiger partial charge in [0.25, 0.3) is 0 Å². The van der Waals surface area contributed by atoms with Crippen molar-refractivity contribution in [3.8, 4) is 6.07 Å². The molecule has 0 bridgehead atoms. The van der Waals surface area contributed by atoms with Crippen LogP contribution >= 0.6 is 0 Å². The Kier molecular flexibility index (Phi) is 1.65. The van der Waals surface area contributed by atoms with E-state index < -0.39 is 0 Å². The van der Waals surface area contributed by atoms with Gasteiger partial charge in [-0.25, -0.2) is 0 Å². The van der Waals surface area contributed by atoms with Crippen molar-refractivity contribution < 1.29 is 0 Å². The van der Waals surface area contributed by atoms with Crippen LogP contribution in [0.3, 0.4) is 0 Å². The molecule has 2 N–H and O–H groups in total. The maximum Gasteiger partial charge on any atom is 0.102 e. The second-order valence-corrected chi connectivity index (χ2v) is 2.28. The van der Waals surface area contributed by atoms with Crippen molar-refractivity contribution in [1.82, 2.24) is 0 Å². The molecule has 0 amide bonds. The molecule has 0 radical (unpaired) electrons. The summed E-state index contributed by atoms with van der Waals surface area (Å²) in [5.41, 5.74) is 6.43. The van der Waals surface area contributed by atoms with Crippen molar-refractivity contribution in [2.75, 3.05) is 5.73 Å². The third kappa shape index (κ3) is 1.08. The van der Waals surface area contributed by atoms with Gasteiger partial charge in [0, 0.05) is 0 Å². The normalized spacial score (nSPS) is 9.00. The van der Waals surface area contributed by atoms with Gasteiger partial charge in [-0.3, -0.25) is 0 Å². The minimum Gasteiger partial charge on any atom is -0.397 e. The zero-order valence-electron chi connectivity index (χ0n) is 6.09. The van der Waals surface area contributed by atoms with Gasteiger partial charge < -0.3 is 5.73 Å². The van der Waals surface area contributed by atoms with Crippen molar-refractivity contribution in [3.63, 3.8) is 0 Å². The Balaban J connectivity index is 3.72. The molecule has 0 aliphatic rings. The predicted molar refractivity (Wildman–Crippen MR) is 45.9 cm³/mol. The Labute approximate surface area is 64.9 Å². The molecule has 2 nitrogen and oxygen atoms in total. The average molecular weight is 144 g/mol. The lowest BCUT2D eigenvalue weighted by atomic mass is 10.1. The molecule has 1 aromatic carbocycles. The van der Waals surface area contributed by atoms with Crippen LogP contribution in [0.1, 0.15) is 5.56 Å². The van der Waals surface area contributed by atoms with E-state index in [-0.39, 0.29) is 0 Å². The van der Waals surface area contributed by atoms with Crippen molar-refractivity contribution in [1.29, 1.82) is 5.26 Å². The Hall–Kier alpha value is -1.75. The van der Waals surface area contributed by atoms with E-state index in [2.05, 4.69) is 13.2 Å². The van der Waals surface area contributed by atoms with Gasteiger partial charge in [-0.1, -0.05) is 25.3 Å². The molecule has 0 spiro atoms. The molecule has 54 valence electrons. The predicted octanol–water partition coefficient (Wildman–Crippen LogP) is -0.0389. The number of hydrogen-bond acceptors (Lipinski definition) is 2. The molecule has 0 unspecified atom stereocenters. The van der Waals surface area contributed by atoms with Crippen LogP contribution in [-0.2, 0) is 0 Å². The van der Waals surface area contributed by atoms with Gasteiger partial charge >= 0.3 is 0 Å². The number of rotatable bonds is 0. The summed E-state index contributed by atoms with van der Waals surface area (Å²) in [5.74, 6) is 0. The summed E-state index contributed by atoms with van der Waals surface area (Å²) in [7, 11) is 0. The maximum atomic E-state index is 8.63. The molecule has 1 rings (SSSR count). The highest BCUT2D eigenvalue weighted by molar-refractivity contribution is 5.56. The van der Waals surface area contributed by atoms with Gasteiger partial charge in [-0.15, -0.1) is 0 Å². The summed E-state index contributed by atoms with van der Waals surface area (Å²) in [6.45, 7) is 7.33. The van der Waals surface area contributed by atoms with Gasteiger partial charge in [0.05, 0.1) is 11.3 Å². The van der Waals surface area contributed by atoms with Crippen LogP contribution in [0, 0.1) is 11.3 Å². The van der Waals surface area contributed by atoms with Gasteiger partial charge in [0.2, 0.25) is 0 Å². The fourth-order valence-corrected chi connectivity index (χ4v) is 0.840. The summed E-state index contributed by atoms with van der Waals surface area (Å²) in [4.78, 5) is 0. The molecule has 0 fully saturated rings. The molecule has 0 aliphatic carbocycles. The van der Waals surface area contributed by atoms with Crippen LogP contribution in [-0.4, -0.2) is 0 Å². The molecular weight excluding hydrogens is 136 g/mol. The third-order valence-electron chi connectivity index (χ3n) is 1.53. The van der Waals surface area contributed by atoms with Crippen molar-refractivity contribution in [2.24, 2.45) is 0 Å². The molecule has 0 aliphatic heterocycles. The smallest absolute Gasteiger partial charge is 0.102 e. The fraction of sp³-hybridized carbons (Fsp3) is 0. The van der Waals surface area contributed by atoms with E-state index in [0.29, 0.717) is 21.7 Å². The van der Waals surface area contributed by atoms with E-state index in [9.17, 15) is 0 Å². The first kappa shape index (κ1) is 7.36. The number of benzene rings is 1. The van der Waals surface area contributed by atoms with E-state index in [0.717, 1.165) is 0 Å². The van der Waals surface area contributed by atoms with E-state index in [1.807, 2.05) is 6.07 Å². The highest BCUT2D eigenvalue weighted by atomic mass is 14.6. The van der Waals surface area contributed by atoms with Crippen molar-refractivity contribution >= 4 is 18.8 Å². The van der Waals surface area contributed by atoms with Crippen LogP contribution in [0.25, 0.3) is 13.2 Å². The van der Waals surface area contributed by atoms with Gasteiger partial charge in [-0.2, -0.15) is 5.26 Å². The molecule has 11 heavy (non-hydrogen) atoms.